The Balaban J connectivity index is 1.92. The summed E-state index contributed by atoms with van der Waals surface area (Å²) in [5, 5.41) is 8.85. The van der Waals surface area contributed by atoms with Crippen LogP contribution >= 0.6 is 11.6 Å². The molecule has 6 heteroatoms. The molecule has 1 aliphatic rings. The first kappa shape index (κ1) is 17.6. The summed E-state index contributed by atoms with van der Waals surface area (Å²) in [6, 6.07) is 4.93. The molecular formula is C17H24ClN3O2. The first-order valence-electron chi connectivity index (χ1n) is 8.11. The van der Waals surface area contributed by atoms with Gasteiger partial charge in [-0.1, -0.05) is 38.3 Å². The van der Waals surface area contributed by atoms with Crippen molar-refractivity contribution >= 4 is 29.2 Å². The van der Waals surface area contributed by atoms with Crippen LogP contribution < -0.4 is 16.0 Å². The highest BCUT2D eigenvalue weighted by molar-refractivity contribution is 6.34. The zero-order valence-corrected chi connectivity index (χ0v) is 14.4. The highest BCUT2D eigenvalue weighted by atomic mass is 35.5. The van der Waals surface area contributed by atoms with Crippen molar-refractivity contribution in [2.75, 3.05) is 11.9 Å². The predicted octanol–water partition coefficient (Wildman–Crippen LogP) is 3.79. The van der Waals surface area contributed by atoms with E-state index in [2.05, 4.69) is 16.0 Å². The van der Waals surface area contributed by atoms with Crippen LogP contribution in [0.4, 0.5) is 10.5 Å². The van der Waals surface area contributed by atoms with E-state index >= 15 is 0 Å². The highest BCUT2D eigenvalue weighted by Gasteiger charge is 2.17. The summed E-state index contributed by atoms with van der Waals surface area (Å²) >= 11 is 6.16. The minimum atomic E-state index is -0.232. The van der Waals surface area contributed by atoms with Gasteiger partial charge in [0.25, 0.3) is 5.91 Å². The Morgan fingerprint density at radius 2 is 1.96 bits per heavy atom. The molecule has 1 saturated carbocycles. The van der Waals surface area contributed by atoms with Crippen LogP contribution in [0.25, 0.3) is 0 Å². The fourth-order valence-electron chi connectivity index (χ4n) is 2.59. The van der Waals surface area contributed by atoms with Gasteiger partial charge in [-0.2, -0.15) is 0 Å². The maximum absolute atomic E-state index is 12.0. The highest BCUT2D eigenvalue weighted by Crippen LogP contribution is 2.22. The molecule has 1 aromatic carbocycles. The summed E-state index contributed by atoms with van der Waals surface area (Å²) < 4.78 is 0. The second-order valence-corrected chi connectivity index (χ2v) is 6.79. The molecule has 1 aliphatic carbocycles. The van der Waals surface area contributed by atoms with Crippen LogP contribution in [-0.2, 0) is 0 Å². The molecule has 0 aliphatic heterocycles. The monoisotopic (exact) mass is 337 g/mol. The summed E-state index contributed by atoms with van der Waals surface area (Å²) in [6.07, 6.45) is 4.39. The molecule has 5 nitrogen and oxygen atoms in total. The molecule has 0 unspecified atom stereocenters. The Morgan fingerprint density at radius 1 is 1.26 bits per heavy atom. The molecule has 23 heavy (non-hydrogen) atoms. The van der Waals surface area contributed by atoms with Crippen molar-refractivity contribution in [3.63, 3.8) is 0 Å². The lowest BCUT2D eigenvalue weighted by atomic mass is 10.1. The summed E-state index contributed by atoms with van der Waals surface area (Å²) in [4.78, 5) is 24.0. The second-order valence-electron chi connectivity index (χ2n) is 6.38. The van der Waals surface area contributed by atoms with Gasteiger partial charge in [-0.15, -0.1) is 0 Å². The van der Waals surface area contributed by atoms with Gasteiger partial charge in [-0.05, 0) is 37.0 Å². The number of anilines is 1. The number of carbonyl (C=O) groups is 2. The van der Waals surface area contributed by atoms with Crippen molar-refractivity contribution in [2.45, 2.75) is 45.6 Å². The number of hydrogen-bond donors (Lipinski definition) is 3. The van der Waals surface area contributed by atoms with Gasteiger partial charge >= 0.3 is 6.03 Å². The van der Waals surface area contributed by atoms with Gasteiger partial charge in [-0.3, -0.25) is 4.79 Å². The van der Waals surface area contributed by atoms with Crippen molar-refractivity contribution in [2.24, 2.45) is 5.92 Å². The van der Waals surface area contributed by atoms with Crippen molar-refractivity contribution in [1.29, 1.82) is 0 Å². The first-order chi connectivity index (χ1) is 11.0. The molecule has 3 amide bonds. The fourth-order valence-corrected chi connectivity index (χ4v) is 2.86. The smallest absolute Gasteiger partial charge is 0.319 e. The minimum absolute atomic E-state index is 0.203. The zero-order valence-electron chi connectivity index (χ0n) is 13.6. The van der Waals surface area contributed by atoms with E-state index in [4.69, 9.17) is 11.6 Å². The van der Waals surface area contributed by atoms with Gasteiger partial charge in [0.1, 0.15) is 0 Å². The van der Waals surface area contributed by atoms with Gasteiger partial charge < -0.3 is 16.0 Å². The Morgan fingerprint density at radius 3 is 2.57 bits per heavy atom. The molecule has 0 saturated heterocycles. The maximum atomic E-state index is 12.0. The van der Waals surface area contributed by atoms with Gasteiger partial charge in [0.05, 0.1) is 10.6 Å². The van der Waals surface area contributed by atoms with Crippen LogP contribution in [0.2, 0.25) is 5.02 Å². The third kappa shape index (κ3) is 5.43. The predicted molar refractivity (Wildman–Crippen MR) is 93.0 cm³/mol. The molecule has 1 fully saturated rings. The van der Waals surface area contributed by atoms with Crippen LogP contribution in [0.15, 0.2) is 18.2 Å². The lowest BCUT2D eigenvalue weighted by molar-refractivity contribution is 0.0949. The molecule has 1 aromatic rings. The first-order valence-corrected chi connectivity index (χ1v) is 8.48. The second kappa shape index (κ2) is 8.20. The zero-order chi connectivity index (χ0) is 16.8. The standard InChI is InChI=1S/C17H24ClN3O2/c1-11(2)10-19-16(22)14-8-7-13(9-15(14)18)21-17(23)20-12-5-3-4-6-12/h7-9,11-12H,3-6,10H2,1-2H3,(H,19,22)(H2,20,21,23). The van der Waals surface area contributed by atoms with E-state index in [1.807, 2.05) is 13.8 Å². The third-order valence-electron chi connectivity index (χ3n) is 3.83. The Labute approximate surface area is 142 Å². The van der Waals surface area contributed by atoms with Crippen LogP contribution in [0.5, 0.6) is 0 Å². The van der Waals surface area contributed by atoms with Gasteiger partial charge in [0, 0.05) is 18.3 Å². The normalized spacial score (nSPS) is 14.8. The average Bonchev–Trinajstić information content (AvgIpc) is 2.97. The molecule has 0 atom stereocenters. The maximum Gasteiger partial charge on any atom is 0.319 e. The number of urea groups is 1. The third-order valence-corrected chi connectivity index (χ3v) is 4.15. The summed E-state index contributed by atoms with van der Waals surface area (Å²) in [6.45, 7) is 4.65. The summed E-state index contributed by atoms with van der Waals surface area (Å²) in [5.41, 5.74) is 0.986. The largest absolute Gasteiger partial charge is 0.352 e. The molecule has 0 heterocycles. The molecule has 0 bridgehead atoms. The number of carbonyl (C=O) groups excluding carboxylic acids is 2. The molecule has 3 N–H and O–H groups in total. The van der Waals surface area contributed by atoms with Gasteiger partial charge in [0.2, 0.25) is 0 Å². The fraction of sp³-hybridized carbons (Fsp3) is 0.529. The number of rotatable bonds is 5. The quantitative estimate of drug-likeness (QED) is 0.765. The van der Waals surface area contributed by atoms with E-state index in [0.717, 1.165) is 25.7 Å². The number of nitrogens with one attached hydrogen (secondary N) is 3. The van der Waals surface area contributed by atoms with E-state index in [1.165, 1.54) is 0 Å². The van der Waals surface area contributed by atoms with Gasteiger partial charge in [0.15, 0.2) is 0 Å². The summed E-state index contributed by atoms with van der Waals surface area (Å²) in [5.74, 6) is 0.170. The Bertz CT molecular complexity index is 569. The van der Waals surface area contributed by atoms with Crippen molar-refractivity contribution < 1.29 is 9.59 Å². The van der Waals surface area contributed by atoms with E-state index < -0.39 is 0 Å². The van der Waals surface area contributed by atoms with Crippen molar-refractivity contribution in [3.8, 4) is 0 Å². The molecule has 2 rings (SSSR count). The summed E-state index contributed by atoms with van der Waals surface area (Å²) in [7, 11) is 0. The van der Waals surface area contributed by atoms with Crippen LogP contribution in [0.1, 0.15) is 49.9 Å². The average molecular weight is 338 g/mol. The lowest BCUT2D eigenvalue weighted by Crippen LogP contribution is -2.36. The van der Waals surface area contributed by atoms with E-state index in [-0.39, 0.29) is 18.0 Å². The number of amides is 3. The Hall–Kier alpha value is -1.75. The number of halogens is 1. The Kier molecular flexibility index (Phi) is 6.28. The number of benzene rings is 1. The van der Waals surface area contributed by atoms with Crippen LogP contribution in [0, 0.1) is 5.92 Å². The minimum Gasteiger partial charge on any atom is -0.352 e. The molecule has 126 valence electrons. The van der Waals surface area contributed by atoms with E-state index in [1.54, 1.807) is 18.2 Å². The molecule has 0 aromatic heterocycles. The van der Waals surface area contributed by atoms with E-state index in [9.17, 15) is 9.59 Å². The lowest BCUT2D eigenvalue weighted by Gasteiger charge is -2.14. The molecule has 0 spiro atoms. The molecular weight excluding hydrogens is 314 g/mol. The van der Waals surface area contributed by atoms with E-state index in [0.29, 0.717) is 28.7 Å². The van der Waals surface area contributed by atoms with Crippen molar-refractivity contribution in [1.82, 2.24) is 10.6 Å². The SMILES string of the molecule is CC(C)CNC(=O)c1ccc(NC(=O)NC2CCCC2)cc1Cl. The van der Waals surface area contributed by atoms with Gasteiger partial charge in [-0.25, -0.2) is 4.79 Å². The van der Waals surface area contributed by atoms with Crippen LogP contribution in [-0.4, -0.2) is 24.5 Å². The van der Waals surface area contributed by atoms with Crippen molar-refractivity contribution in [3.05, 3.63) is 28.8 Å². The molecule has 0 radical (unpaired) electrons. The number of hydrogen-bond acceptors (Lipinski definition) is 2. The van der Waals surface area contributed by atoms with Crippen LogP contribution in [0.3, 0.4) is 0 Å². The topological polar surface area (TPSA) is 70.2 Å².